The van der Waals surface area contributed by atoms with Gasteiger partial charge in [-0.1, -0.05) is 38.5 Å². The summed E-state index contributed by atoms with van der Waals surface area (Å²) in [6, 6.07) is 3.50. The third kappa shape index (κ3) is 6.03. The number of aromatic nitrogens is 1. The van der Waals surface area contributed by atoms with Gasteiger partial charge < -0.3 is 36.5 Å². The summed E-state index contributed by atoms with van der Waals surface area (Å²) in [5, 5.41) is 24.9. The Kier molecular flexibility index (Phi) is 9.05. The van der Waals surface area contributed by atoms with Gasteiger partial charge in [0.2, 0.25) is 17.7 Å². The van der Waals surface area contributed by atoms with E-state index in [1.54, 1.807) is 13.8 Å². The Morgan fingerprint density at radius 1 is 1.22 bits per heavy atom. The van der Waals surface area contributed by atoms with Crippen LogP contribution in [0.5, 0.6) is 0 Å². The number of carbonyl (C=O) groups excluding carboxylic acids is 3. The van der Waals surface area contributed by atoms with Crippen LogP contribution in [0.25, 0.3) is 10.9 Å². The van der Waals surface area contributed by atoms with E-state index >= 15 is 0 Å². The Labute approximate surface area is 209 Å². The number of nitrogens with one attached hydrogen (secondary N) is 3. The predicted octanol–water partition coefficient (Wildman–Crippen LogP) is 0.121. The average Bonchev–Trinajstić information content (AvgIpc) is 3.52. The highest BCUT2D eigenvalue weighted by Crippen LogP contribution is 2.22. The lowest BCUT2D eigenvalue weighted by Gasteiger charge is -2.28. The van der Waals surface area contributed by atoms with Gasteiger partial charge in [0.15, 0.2) is 0 Å². The summed E-state index contributed by atoms with van der Waals surface area (Å²) in [6.45, 7) is 3.12. The topological polar surface area (TPSA) is 178 Å². The first kappa shape index (κ1) is 27.2. The standard InChI is InChI=1S/C25H35N5O6/c1-3-14(2)21(25(35)36)29-22(32)19(13-31)28-23(33)20-9-6-10-30(20)24(34)17(26)11-15-12-27-18-8-5-4-7-16(15)18/h4-5,7-8,12,14,17,19-21,27,31H,3,6,9-11,13,26H2,1-2H3,(H,28,33)(H,29,32)(H,35,36). The van der Waals surface area contributed by atoms with Gasteiger partial charge in [0.1, 0.15) is 18.1 Å². The number of benzene rings is 1. The number of aromatic amines is 1. The van der Waals surface area contributed by atoms with Crippen molar-refractivity contribution in [1.82, 2.24) is 20.5 Å². The number of rotatable bonds is 11. The van der Waals surface area contributed by atoms with Crippen molar-refractivity contribution in [2.24, 2.45) is 11.7 Å². The smallest absolute Gasteiger partial charge is 0.326 e. The van der Waals surface area contributed by atoms with Gasteiger partial charge in [0, 0.05) is 23.6 Å². The molecule has 196 valence electrons. The normalized spacial score (nSPS) is 18.9. The first-order valence-electron chi connectivity index (χ1n) is 12.2. The summed E-state index contributed by atoms with van der Waals surface area (Å²) in [5.74, 6) is -3.30. The molecule has 0 radical (unpaired) electrons. The van der Waals surface area contributed by atoms with E-state index in [2.05, 4.69) is 15.6 Å². The number of H-pyrrole nitrogens is 1. The molecule has 11 nitrogen and oxygen atoms in total. The highest BCUT2D eigenvalue weighted by Gasteiger charge is 2.38. The number of carboxylic acids is 1. The van der Waals surface area contributed by atoms with Gasteiger partial charge in [-0.2, -0.15) is 0 Å². The Balaban J connectivity index is 1.64. The van der Waals surface area contributed by atoms with Gasteiger partial charge in [-0.15, -0.1) is 0 Å². The molecule has 2 aromatic rings. The van der Waals surface area contributed by atoms with Crippen molar-refractivity contribution >= 4 is 34.6 Å². The van der Waals surface area contributed by atoms with Crippen LogP contribution < -0.4 is 16.4 Å². The monoisotopic (exact) mass is 501 g/mol. The molecule has 1 aliphatic heterocycles. The van der Waals surface area contributed by atoms with Crippen LogP contribution in [0, 0.1) is 5.92 Å². The fourth-order valence-corrected chi connectivity index (χ4v) is 4.54. The number of amides is 3. The number of carbonyl (C=O) groups is 4. The maximum atomic E-state index is 13.2. The van der Waals surface area contributed by atoms with Gasteiger partial charge >= 0.3 is 5.97 Å². The van der Waals surface area contributed by atoms with E-state index in [1.807, 2.05) is 30.5 Å². The molecule has 0 aliphatic carbocycles. The lowest BCUT2D eigenvalue weighted by atomic mass is 9.99. The Morgan fingerprint density at radius 2 is 1.94 bits per heavy atom. The van der Waals surface area contributed by atoms with E-state index < -0.39 is 48.6 Å². The number of aliphatic hydroxyl groups is 1. The largest absolute Gasteiger partial charge is 0.480 e. The van der Waals surface area contributed by atoms with E-state index in [1.165, 1.54) is 4.90 Å². The molecule has 5 unspecified atom stereocenters. The molecule has 11 heteroatoms. The Hall–Kier alpha value is -3.44. The molecular formula is C25H35N5O6. The molecule has 36 heavy (non-hydrogen) atoms. The molecule has 5 atom stereocenters. The Morgan fingerprint density at radius 3 is 2.61 bits per heavy atom. The fourth-order valence-electron chi connectivity index (χ4n) is 4.54. The second kappa shape index (κ2) is 12.0. The average molecular weight is 502 g/mol. The fraction of sp³-hybridized carbons (Fsp3) is 0.520. The molecule has 0 spiro atoms. The summed E-state index contributed by atoms with van der Waals surface area (Å²) < 4.78 is 0. The molecule has 0 bridgehead atoms. The van der Waals surface area contributed by atoms with Crippen LogP contribution in [0.15, 0.2) is 30.5 Å². The van der Waals surface area contributed by atoms with E-state index in [4.69, 9.17) is 5.73 Å². The number of nitrogens with zero attached hydrogens (tertiary/aromatic N) is 1. The molecule has 1 fully saturated rings. The van der Waals surface area contributed by atoms with Gasteiger partial charge in [-0.3, -0.25) is 14.4 Å². The van der Waals surface area contributed by atoms with Crippen molar-refractivity contribution in [3.05, 3.63) is 36.0 Å². The molecule has 3 amide bonds. The van der Waals surface area contributed by atoms with Crippen molar-refractivity contribution in [2.75, 3.05) is 13.2 Å². The second-order valence-electron chi connectivity index (χ2n) is 9.31. The number of aliphatic carboxylic acids is 1. The quantitative estimate of drug-likeness (QED) is 0.253. The van der Waals surface area contributed by atoms with Gasteiger partial charge in [-0.25, -0.2) is 4.79 Å². The second-order valence-corrected chi connectivity index (χ2v) is 9.31. The summed E-state index contributed by atoms with van der Waals surface area (Å²) in [4.78, 5) is 54.9. The number of nitrogens with two attached hydrogens (primary N) is 1. The van der Waals surface area contributed by atoms with Gasteiger partial charge in [0.05, 0.1) is 12.6 Å². The minimum absolute atomic E-state index is 0.293. The number of carboxylic acid groups (broad SMARTS) is 1. The van der Waals surface area contributed by atoms with Crippen molar-refractivity contribution in [1.29, 1.82) is 0 Å². The minimum atomic E-state index is -1.35. The molecule has 1 aromatic heterocycles. The maximum Gasteiger partial charge on any atom is 0.326 e. The van der Waals surface area contributed by atoms with Crippen molar-refractivity contribution in [2.45, 2.75) is 63.7 Å². The predicted molar refractivity (Wildman–Crippen MR) is 133 cm³/mol. The third-order valence-electron chi connectivity index (χ3n) is 6.86. The number of hydrogen-bond donors (Lipinski definition) is 6. The maximum absolute atomic E-state index is 13.2. The van der Waals surface area contributed by atoms with Gasteiger partial charge in [-0.05, 0) is 36.8 Å². The number of likely N-dealkylation sites (tertiary alicyclic amines) is 1. The molecule has 1 saturated heterocycles. The molecule has 3 rings (SSSR count). The van der Waals surface area contributed by atoms with Crippen LogP contribution in [0.4, 0.5) is 0 Å². The first-order valence-corrected chi connectivity index (χ1v) is 12.2. The van der Waals surface area contributed by atoms with Crippen molar-refractivity contribution < 1.29 is 29.4 Å². The van der Waals surface area contributed by atoms with Crippen molar-refractivity contribution in [3.63, 3.8) is 0 Å². The summed E-state index contributed by atoms with van der Waals surface area (Å²) in [6.07, 6.45) is 3.61. The van der Waals surface area contributed by atoms with E-state index in [-0.39, 0.29) is 11.8 Å². The van der Waals surface area contributed by atoms with Crippen LogP contribution in [-0.2, 0) is 25.6 Å². The SMILES string of the molecule is CCC(C)C(NC(=O)C(CO)NC(=O)C1CCCN1C(=O)C(N)Cc1c[nH]c2ccccc12)C(=O)O. The molecule has 2 heterocycles. The van der Waals surface area contributed by atoms with E-state index in [9.17, 15) is 29.4 Å². The van der Waals surface area contributed by atoms with Crippen LogP contribution in [0.3, 0.4) is 0 Å². The van der Waals surface area contributed by atoms with Gasteiger partial charge in [0.25, 0.3) is 0 Å². The molecular weight excluding hydrogens is 466 g/mol. The van der Waals surface area contributed by atoms with Crippen LogP contribution in [0.1, 0.15) is 38.7 Å². The van der Waals surface area contributed by atoms with Crippen LogP contribution in [0.2, 0.25) is 0 Å². The number of hydrogen-bond acceptors (Lipinski definition) is 6. The van der Waals surface area contributed by atoms with Crippen LogP contribution in [-0.4, -0.2) is 81.1 Å². The molecule has 1 aromatic carbocycles. The molecule has 7 N–H and O–H groups in total. The number of aliphatic hydroxyl groups excluding tert-OH is 1. The van der Waals surface area contributed by atoms with E-state index in [0.29, 0.717) is 32.2 Å². The molecule has 0 saturated carbocycles. The summed E-state index contributed by atoms with van der Waals surface area (Å²) in [5.41, 5.74) is 8.09. The highest BCUT2D eigenvalue weighted by molar-refractivity contribution is 5.95. The number of fused-ring (bicyclic) bond motifs is 1. The summed E-state index contributed by atoms with van der Waals surface area (Å²) >= 11 is 0. The Bertz CT molecular complexity index is 1100. The van der Waals surface area contributed by atoms with E-state index in [0.717, 1.165) is 16.5 Å². The minimum Gasteiger partial charge on any atom is -0.480 e. The third-order valence-corrected chi connectivity index (χ3v) is 6.86. The zero-order valence-electron chi connectivity index (χ0n) is 20.6. The highest BCUT2D eigenvalue weighted by atomic mass is 16.4. The first-order chi connectivity index (χ1) is 17.2. The zero-order chi connectivity index (χ0) is 26.4. The molecule has 1 aliphatic rings. The zero-order valence-corrected chi connectivity index (χ0v) is 20.6. The summed E-state index contributed by atoms with van der Waals surface area (Å²) in [7, 11) is 0. The number of para-hydroxylation sites is 1. The van der Waals surface area contributed by atoms with Crippen LogP contribution >= 0.6 is 0 Å². The van der Waals surface area contributed by atoms with Crippen molar-refractivity contribution in [3.8, 4) is 0 Å². The lowest BCUT2D eigenvalue weighted by molar-refractivity contribution is -0.144. The lowest BCUT2D eigenvalue weighted by Crippen LogP contribution is -2.58.